The summed E-state index contributed by atoms with van der Waals surface area (Å²) in [5, 5.41) is 13.5. The third kappa shape index (κ3) is 5.48. The van der Waals surface area contributed by atoms with Gasteiger partial charge in [0.2, 0.25) is 0 Å². The Morgan fingerprint density at radius 2 is 1.89 bits per heavy atom. The number of hydrogen-bond acceptors (Lipinski definition) is 4. The molecule has 0 saturated carbocycles. The number of thioether (sulfide) groups is 1. The summed E-state index contributed by atoms with van der Waals surface area (Å²) in [6.07, 6.45) is 0.598. The predicted octanol–water partition coefficient (Wildman–Crippen LogP) is 4.39. The summed E-state index contributed by atoms with van der Waals surface area (Å²) in [6, 6.07) is 14.6. The molecule has 0 fully saturated rings. The first-order chi connectivity index (χ1) is 13.0. The van der Waals surface area contributed by atoms with Gasteiger partial charge >= 0.3 is 0 Å². The van der Waals surface area contributed by atoms with Crippen LogP contribution in [0.25, 0.3) is 0 Å². The first-order valence-corrected chi connectivity index (χ1v) is 10.1. The minimum absolute atomic E-state index is 0.135. The Balaban J connectivity index is 1.51. The van der Waals surface area contributed by atoms with E-state index in [1.807, 2.05) is 35.9 Å². The number of benzene rings is 2. The number of carbonyl (C=O) groups is 1. The van der Waals surface area contributed by atoms with Gasteiger partial charge in [-0.05, 0) is 42.0 Å². The van der Waals surface area contributed by atoms with Gasteiger partial charge in [-0.2, -0.15) is 0 Å². The molecule has 0 aliphatic rings. The predicted molar refractivity (Wildman–Crippen MR) is 110 cm³/mol. The van der Waals surface area contributed by atoms with Gasteiger partial charge in [0.05, 0.1) is 0 Å². The van der Waals surface area contributed by atoms with Crippen molar-refractivity contribution in [2.24, 2.45) is 7.05 Å². The van der Waals surface area contributed by atoms with E-state index in [1.54, 1.807) is 36.0 Å². The molecule has 0 radical (unpaired) electrons. The highest BCUT2D eigenvalue weighted by molar-refractivity contribution is 7.98. The van der Waals surface area contributed by atoms with Gasteiger partial charge in [0, 0.05) is 41.4 Å². The van der Waals surface area contributed by atoms with Crippen LogP contribution in [0.5, 0.6) is 0 Å². The molecule has 0 aliphatic heterocycles. The van der Waals surface area contributed by atoms with Gasteiger partial charge in [-0.3, -0.25) is 4.79 Å². The Morgan fingerprint density at radius 1 is 1.11 bits per heavy atom. The van der Waals surface area contributed by atoms with Crippen LogP contribution in [0.2, 0.25) is 10.0 Å². The van der Waals surface area contributed by atoms with E-state index in [1.165, 1.54) is 0 Å². The van der Waals surface area contributed by atoms with Crippen LogP contribution in [0.15, 0.2) is 53.7 Å². The molecule has 5 nitrogen and oxygen atoms in total. The smallest absolute Gasteiger partial charge is 0.251 e. The fraction of sp³-hybridized carbons (Fsp3) is 0.211. The van der Waals surface area contributed by atoms with Crippen LogP contribution < -0.4 is 5.32 Å². The summed E-state index contributed by atoms with van der Waals surface area (Å²) in [5.41, 5.74) is 1.71. The van der Waals surface area contributed by atoms with E-state index in [9.17, 15) is 4.79 Å². The van der Waals surface area contributed by atoms with Gasteiger partial charge in [-0.1, -0.05) is 47.1 Å². The van der Waals surface area contributed by atoms with Gasteiger partial charge in [0.25, 0.3) is 5.91 Å². The Kier molecular flexibility index (Phi) is 6.77. The molecule has 0 aliphatic carbocycles. The third-order valence-electron chi connectivity index (χ3n) is 3.92. The summed E-state index contributed by atoms with van der Waals surface area (Å²) in [5.74, 6) is 1.45. The van der Waals surface area contributed by atoms with Gasteiger partial charge in [0.15, 0.2) is 5.16 Å². The lowest BCUT2D eigenvalue weighted by atomic mass is 10.2. The van der Waals surface area contributed by atoms with Gasteiger partial charge in [-0.25, -0.2) is 0 Å². The zero-order valence-corrected chi connectivity index (χ0v) is 17.0. The monoisotopic (exact) mass is 420 g/mol. The van der Waals surface area contributed by atoms with E-state index in [2.05, 4.69) is 15.5 Å². The summed E-state index contributed by atoms with van der Waals surface area (Å²) < 4.78 is 1.95. The molecule has 1 N–H and O–H groups in total. The molecular formula is C19H18Cl2N4OS. The zero-order chi connectivity index (χ0) is 19.2. The summed E-state index contributed by atoms with van der Waals surface area (Å²) in [7, 11) is 1.93. The molecule has 2 aromatic carbocycles. The van der Waals surface area contributed by atoms with Gasteiger partial charge in [0.1, 0.15) is 5.82 Å². The van der Waals surface area contributed by atoms with Crippen LogP contribution in [-0.2, 0) is 19.2 Å². The number of amides is 1. The van der Waals surface area contributed by atoms with E-state index in [0.717, 1.165) is 27.3 Å². The van der Waals surface area contributed by atoms with Gasteiger partial charge in [-0.15, -0.1) is 10.2 Å². The fourth-order valence-electron chi connectivity index (χ4n) is 2.45. The van der Waals surface area contributed by atoms with Crippen molar-refractivity contribution in [2.45, 2.75) is 17.3 Å². The lowest BCUT2D eigenvalue weighted by molar-refractivity contribution is 0.0954. The SMILES string of the molecule is Cn1c(CCNC(=O)c2ccc(Cl)cc2)nnc1SCc1cccc(Cl)c1. The van der Waals surface area contributed by atoms with E-state index >= 15 is 0 Å². The van der Waals surface area contributed by atoms with Crippen molar-refractivity contribution in [3.63, 3.8) is 0 Å². The largest absolute Gasteiger partial charge is 0.352 e. The van der Waals surface area contributed by atoms with E-state index in [0.29, 0.717) is 23.6 Å². The van der Waals surface area contributed by atoms with Crippen LogP contribution in [-0.4, -0.2) is 27.2 Å². The Hall–Kier alpha value is -2.02. The number of aromatic nitrogens is 3. The van der Waals surface area contributed by atoms with Crippen molar-refractivity contribution >= 4 is 40.9 Å². The van der Waals surface area contributed by atoms with Crippen LogP contribution in [0.3, 0.4) is 0 Å². The Bertz CT molecular complexity index is 928. The lowest BCUT2D eigenvalue weighted by Crippen LogP contribution is -2.26. The molecule has 140 valence electrons. The molecule has 3 aromatic rings. The highest BCUT2D eigenvalue weighted by Crippen LogP contribution is 2.22. The molecule has 0 bridgehead atoms. The van der Waals surface area contributed by atoms with Crippen LogP contribution >= 0.6 is 35.0 Å². The average molecular weight is 421 g/mol. The molecule has 8 heteroatoms. The van der Waals surface area contributed by atoms with E-state index in [-0.39, 0.29) is 5.91 Å². The second-order valence-electron chi connectivity index (χ2n) is 5.89. The quantitative estimate of drug-likeness (QED) is 0.575. The topological polar surface area (TPSA) is 59.8 Å². The molecule has 1 amide bonds. The molecule has 0 atom stereocenters. The maximum Gasteiger partial charge on any atom is 0.251 e. The summed E-state index contributed by atoms with van der Waals surface area (Å²) in [4.78, 5) is 12.1. The molecule has 1 heterocycles. The molecule has 0 saturated heterocycles. The number of halogens is 2. The maximum atomic E-state index is 12.1. The second-order valence-corrected chi connectivity index (χ2v) is 7.70. The van der Waals surface area contributed by atoms with Crippen molar-refractivity contribution in [2.75, 3.05) is 6.54 Å². The highest BCUT2D eigenvalue weighted by atomic mass is 35.5. The number of rotatable bonds is 7. The van der Waals surface area contributed by atoms with Crippen LogP contribution in [0, 0.1) is 0 Å². The Morgan fingerprint density at radius 3 is 2.63 bits per heavy atom. The third-order valence-corrected chi connectivity index (χ3v) is 5.50. The first kappa shape index (κ1) is 19.7. The van der Waals surface area contributed by atoms with Crippen molar-refractivity contribution in [3.8, 4) is 0 Å². The summed E-state index contributed by atoms with van der Waals surface area (Å²) in [6.45, 7) is 0.479. The van der Waals surface area contributed by atoms with Crippen molar-refractivity contribution < 1.29 is 4.79 Å². The van der Waals surface area contributed by atoms with E-state index in [4.69, 9.17) is 23.2 Å². The zero-order valence-electron chi connectivity index (χ0n) is 14.7. The molecule has 1 aromatic heterocycles. The molecule has 0 unspecified atom stereocenters. The molecule has 0 spiro atoms. The molecule has 3 rings (SSSR count). The minimum atomic E-state index is -0.135. The number of carbonyl (C=O) groups excluding carboxylic acids is 1. The fourth-order valence-corrected chi connectivity index (χ4v) is 3.67. The first-order valence-electron chi connectivity index (χ1n) is 8.32. The van der Waals surface area contributed by atoms with Crippen molar-refractivity contribution in [3.05, 3.63) is 75.5 Å². The number of nitrogens with one attached hydrogen (secondary N) is 1. The van der Waals surface area contributed by atoms with Crippen LogP contribution in [0.4, 0.5) is 0 Å². The maximum absolute atomic E-state index is 12.1. The average Bonchev–Trinajstić information content (AvgIpc) is 3.00. The number of hydrogen-bond donors (Lipinski definition) is 1. The standard InChI is InChI=1S/C19H18Cl2N4OS/c1-25-17(9-10-22-18(26)14-5-7-15(20)8-6-14)23-24-19(25)27-12-13-3-2-4-16(21)11-13/h2-8,11H,9-10,12H2,1H3,(H,22,26). The highest BCUT2D eigenvalue weighted by Gasteiger charge is 2.11. The molecular weight excluding hydrogens is 403 g/mol. The lowest BCUT2D eigenvalue weighted by Gasteiger charge is -2.06. The van der Waals surface area contributed by atoms with Gasteiger partial charge < -0.3 is 9.88 Å². The van der Waals surface area contributed by atoms with Crippen molar-refractivity contribution in [1.82, 2.24) is 20.1 Å². The van der Waals surface area contributed by atoms with Crippen LogP contribution in [0.1, 0.15) is 21.7 Å². The van der Waals surface area contributed by atoms with E-state index < -0.39 is 0 Å². The number of nitrogens with zero attached hydrogens (tertiary/aromatic N) is 3. The Labute approximate surface area is 172 Å². The summed E-state index contributed by atoms with van der Waals surface area (Å²) >= 11 is 13.4. The normalized spacial score (nSPS) is 10.8. The second kappa shape index (κ2) is 9.26. The molecule has 27 heavy (non-hydrogen) atoms. The van der Waals surface area contributed by atoms with Crippen molar-refractivity contribution in [1.29, 1.82) is 0 Å². The minimum Gasteiger partial charge on any atom is -0.352 e.